The highest BCUT2D eigenvalue weighted by atomic mass is 15.2. The molecule has 4 nitrogen and oxygen atoms in total. The molecule has 0 fully saturated rings. The van der Waals surface area contributed by atoms with Gasteiger partial charge in [-0.1, -0.05) is 253 Å². The highest BCUT2D eigenvalue weighted by Gasteiger charge is 2.44. The van der Waals surface area contributed by atoms with E-state index in [2.05, 4.69) is 354 Å². The molecular formula is C86H79BN4. The van der Waals surface area contributed by atoms with Gasteiger partial charge in [0.15, 0.2) is 5.82 Å². The SMILES string of the molecule is CC(C)(C)c1cc(-c2cc(-c3cc(C(C)(C)C)cc(C(C)(C)C)c3)nc(-c3cc4c5c(c3)N(c3cc(-c6ccccc6)cc(-c6ccccc6)c3)c3ccccc3B5c3ccccc3N4c3cc(-c4ccccc4)cc(-c4ccccc4)c3)n2)cc(C(C)(C)C)c1. The molecule has 0 saturated carbocycles. The lowest BCUT2D eigenvalue weighted by Gasteiger charge is -2.44. The molecule has 5 heteroatoms. The third-order valence-corrected chi connectivity index (χ3v) is 18.6. The van der Waals surface area contributed by atoms with Crippen LogP contribution in [-0.4, -0.2) is 16.7 Å². The van der Waals surface area contributed by atoms with E-state index in [1.54, 1.807) is 0 Å². The Bertz CT molecular complexity index is 4260. The van der Waals surface area contributed by atoms with Gasteiger partial charge < -0.3 is 9.80 Å². The number of hydrogen-bond acceptors (Lipinski definition) is 4. The van der Waals surface area contributed by atoms with Crippen LogP contribution >= 0.6 is 0 Å². The quantitative estimate of drug-likeness (QED) is 0.135. The van der Waals surface area contributed by atoms with Crippen LogP contribution < -0.4 is 26.2 Å². The number of aromatic nitrogens is 2. The van der Waals surface area contributed by atoms with Crippen molar-refractivity contribution in [2.75, 3.05) is 9.80 Å². The molecule has 91 heavy (non-hydrogen) atoms. The van der Waals surface area contributed by atoms with E-state index in [-0.39, 0.29) is 28.4 Å². The summed E-state index contributed by atoms with van der Waals surface area (Å²) in [4.78, 5) is 16.9. The molecule has 0 saturated heterocycles. The van der Waals surface area contributed by atoms with Gasteiger partial charge in [-0.15, -0.1) is 0 Å². The molecule has 0 atom stereocenters. The minimum absolute atomic E-state index is 0.120. The van der Waals surface area contributed by atoms with Gasteiger partial charge in [-0.2, -0.15) is 0 Å². The zero-order valence-electron chi connectivity index (χ0n) is 54.7. The number of hydrogen-bond donors (Lipinski definition) is 0. The molecule has 0 spiro atoms. The lowest BCUT2D eigenvalue weighted by Crippen LogP contribution is -2.61. The van der Waals surface area contributed by atoms with E-state index in [1.807, 2.05) is 0 Å². The second-order valence-electron chi connectivity index (χ2n) is 29.2. The summed E-state index contributed by atoms with van der Waals surface area (Å²) in [6.07, 6.45) is 0. The lowest BCUT2D eigenvalue weighted by atomic mass is 9.33. The molecule has 446 valence electrons. The van der Waals surface area contributed by atoms with Gasteiger partial charge in [0, 0.05) is 50.8 Å². The molecule has 14 rings (SSSR count). The second-order valence-corrected chi connectivity index (χ2v) is 29.2. The maximum Gasteiger partial charge on any atom is 0.252 e. The van der Waals surface area contributed by atoms with Gasteiger partial charge in [-0.05, 0) is 196 Å². The molecule has 12 aromatic rings. The second kappa shape index (κ2) is 22.6. The first-order valence-corrected chi connectivity index (χ1v) is 32.3. The summed E-state index contributed by atoms with van der Waals surface area (Å²) in [5, 5.41) is 0. The summed E-state index contributed by atoms with van der Waals surface area (Å²) in [7, 11) is 0. The Balaban J connectivity index is 1.12. The molecule has 2 aliphatic rings. The van der Waals surface area contributed by atoms with Crippen molar-refractivity contribution < 1.29 is 0 Å². The van der Waals surface area contributed by atoms with Gasteiger partial charge in [0.1, 0.15) is 0 Å². The van der Waals surface area contributed by atoms with Crippen LogP contribution in [0.2, 0.25) is 0 Å². The number of anilines is 6. The average Bonchev–Trinajstić information content (AvgIpc) is 0.715. The smallest absolute Gasteiger partial charge is 0.252 e. The summed E-state index contributed by atoms with van der Waals surface area (Å²) >= 11 is 0. The Labute approximate surface area is 540 Å². The van der Waals surface area contributed by atoms with Crippen LogP contribution in [0.5, 0.6) is 0 Å². The fourth-order valence-electron chi connectivity index (χ4n) is 13.4. The molecule has 1 aromatic heterocycles. The number of rotatable bonds is 9. The Kier molecular flexibility index (Phi) is 14.6. The van der Waals surface area contributed by atoms with Crippen molar-refractivity contribution in [2.24, 2.45) is 0 Å². The predicted molar refractivity (Wildman–Crippen MR) is 389 cm³/mol. The van der Waals surface area contributed by atoms with E-state index < -0.39 is 0 Å². The lowest BCUT2D eigenvalue weighted by molar-refractivity contribution is 0.568. The number of benzene rings is 11. The highest BCUT2D eigenvalue weighted by Crippen LogP contribution is 2.49. The molecule has 3 heterocycles. The van der Waals surface area contributed by atoms with Crippen molar-refractivity contribution in [3.05, 3.63) is 283 Å². The van der Waals surface area contributed by atoms with E-state index >= 15 is 0 Å². The Morgan fingerprint density at radius 2 is 0.549 bits per heavy atom. The Morgan fingerprint density at radius 3 is 0.857 bits per heavy atom. The van der Waals surface area contributed by atoms with Crippen LogP contribution in [0.3, 0.4) is 0 Å². The standard InChI is InChI=1S/C86H79BN4/c1-83(2,3)67-43-64(44-68(53-67)84(4,5)6)75-55-76(65-45-69(85(7,8)9)54-70(46-65)86(10,11)12)89-82(88-75)66-51-79-81-80(52-66)91(72-49-62(58-33-21-15-22-34-58)42-63(50-72)59-35-23-16-24-36-59)78-40-28-26-38-74(78)87(81)73-37-25-27-39-77(73)90(79)71-47-60(56-29-17-13-18-30-56)41-61(48-71)57-31-19-14-20-32-57/h13-55H,1-12H3. The normalized spacial score (nSPS) is 13.0. The number of fused-ring (bicyclic) bond motifs is 4. The maximum atomic E-state index is 5.90. The number of para-hydroxylation sites is 2. The van der Waals surface area contributed by atoms with Crippen molar-refractivity contribution in [3.63, 3.8) is 0 Å². The van der Waals surface area contributed by atoms with E-state index in [9.17, 15) is 0 Å². The first kappa shape index (κ1) is 58.8. The van der Waals surface area contributed by atoms with E-state index in [0.717, 1.165) is 107 Å². The first-order chi connectivity index (χ1) is 43.6. The number of nitrogens with zero attached hydrogens (tertiary/aromatic N) is 4. The van der Waals surface area contributed by atoms with Crippen LogP contribution in [0.15, 0.2) is 261 Å². The fraction of sp³-hybridized carbons (Fsp3) is 0.186. The Hall–Kier alpha value is -9.84. The van der Waals surface area contributed by atoms with Crippen molar-refractivity contribution in [1.29, 1.82) is 0 Å². The average molecular weight is 1180 g/mol. The fourth-order valence-corrected chi connectivity index (χ4v) is 13.4. The van der Waals surface area contributed by atoms with Gasteiger partial charge in [-0.25, -0.2) is 9.97 Å². The minimum Gasteiger partial charge on any atom is -0.311 e. The molecule has 0 aliphatic carbocycles. The van der Waals surface area contributed by atoms with Gasteiger partial charge in [0.25, 0.3) is 6.71 Å². The molecule has 11 aromatic carbocycles. The Morgan fingerprint density at radius 1 is 0.253 bits per heavy atom. The van der Waals surface area contributed by atoms with Crippen molar-refractivity contribution >= 4 is 57.2 Å². The summed E-state index contributed by atoms with van der Waals surface area (Å²) in [6, 6.07) is 97.2. The molecule has 2 aliphatic heterocycles. The first-order valence-electron chi connectivity index (χ1n) is 32.3. The third kappa shape index (κ3) is 11.3. The zero-order chi connectivity index (χ0) is 63.1. The molecule has 0 N–H and O–H groups in total. The van der Waals surface area contributed by atoms with Crippen LogP contribution in [0.1, 0.15) is 105 Å². The highest BCUT2D eigenvalue weighted by molar-refractivity contribution is 7.00. The van der Waals surface area contributed by atoms with E-state index in [0.29, 0.717) is 5.82 Å². The van der Waals surface area contributed by atoms with E-state index in [4.69, 9.17) is 9.97 Å². The largest absolute Gasteiger partial charge is 0.311 e. The molecule has 0 bridgehead atoms. The molecule has 0 unspecified atom stereocenters. The van der Waals surface area contributed by atoms with Crippen molar-refractivity contribution in [2.45, 2.75) is 105 Å². The predicted octanol–water partition coefficient (Wildman–Crippen LogP) is 21.4. The molecular weight excluding hydrogens is 1100 g/mol. The summed E-state index contributed by atoms with van der Waals surface area (Å²) in [5.41, 5.74) is 28.9. The van der Waals surface area contributed by atoms with Crippen LogP contribution in [0, 0.1) is 0 Å². The maximum absolute atomic E-state index is 5.90. The van der Waals surface area contributed by atoms with Crippen LogP contribution in [-0.2, 0) is 21.7 Å². The monoisotopic (exact) mass is 1180 g/mol. The van der Waals surface area contributed by atoms with Crippen molar-refractivity contribution in [1.82, 2.24) is 9.97 Å². The molecule has 0 amide bonds. The topological polar surface area (TPSA) is 32.3 Å². The third-order valence-electron chi connectivity index (χ3n) is 18.6. The van der Waals surface area contributed by atoms with Gasteiger partial charge >= 0.3 is 0 Å². The summed E-state index contributed by atoms with van der Waals surface area (Å²) in [5.74, 6) is 0.656. The van der Waals surface area contributed by atoms with Gasteiger partial charge in [0.2, 0.25) is 0 Å². The summed E-state index contributed by atoms with van der Waals surface area (Å²) in [6.45, 7) is 27.7. The van der Waals surface area contributed by atoms with Crippen LogP contribution in [0.4, 0.5) is 34.1 Å². The van der Waals surface area contributed by atoms with Gasteiger partial charge in [-0.3, -0.25) is 0 Å². The zero-order valence-corrected chi connectivity index (χ0v) is 54.7. The molecule has 0 radical (unpaired) electrons. The summed E-state index contributed by atoms with van der Waals surface area (Å²) < 4.78 is 0. The van der Waals surface area contributed by atoms with E-state index in [1.165, 1.54) is 38.6 Å². The van der Waals surface area contributed by atoms with Crippen LogP contribution in [0.25, 0.3) is 78.4 Å². The van der Waals surface area contributed by atoms with Gasteiger partial charge in [0.05, 0.1) is 11.4 Å². The minimum atomic E-state index is -0.120. The van der Waals surface area contributed by atoms with Crippen molar-refractivity contribution in [3.8, 4) is 78.4 Å².